The average Bonchev–Trinajstić information content (AvgIpc) is 3.34. The molecule has 3 heterocycles. The fraction of sp³-hybridized carbons (Fsp3) is 0.316. The maximum absolute atomic E-state index is 12.6. The Bertz CT molecular complexity index is 866. The molecule has 0 unspecified atom stereocenters. The number of likely N-dealkylation sites (tertiary alicyclic amines) is 1. The second-order valence-electron chi connectivity index (χ2n) is 6.63. The van der Waals surface area contributed by atoms with E-state index < -0.39 is 0 Å². The van der Waals surface area contributed by atoms with E-state index in [1.165, 1.54) is 16.9 Å². The highest BCUT2D eigenvalue weighted by molar-refractivity contribution is 7.13. The van der Waals surface area contributed by atoms with Crippen LogP contribution in [0.1, 0.15) is 24.1 Å². The minimum Gasteiger partial charge on any atom is -0.375 e. The summed E-state index contributed by atoms with van der Waals surface area (Å²) in [5.41, 5.74) is 7.99. The number of aromatic nitrogens is 3. The molecule has 0 radical (unpaired) electrons. The second kappa shape index (κ2) is 6.92. The SMILES string of the molecule is Nc1nc(C2(c3ccccc3)CCN(C(=O)Cn3ccnc3)CC2)cs1. The first kappa shape index (κ1) is 16.8. The Balaban J connectivity index is 1.56. The normalized spacial score (nSPS) is 16.5. The van der Waals surface area contributed by atoms with Crippen LogP contribution >= 0.6 is 11.3 Å². The molecule has 2 aromatic heterocycles. The molecule has 4 rings (SSSR count). The maximum Gasteiger partial charge on any atom is 0.242 e. The smallest absolute Gasteiger partial charge is 0.242 e. The lowest BCUT2D eigenvalue weighted by molar-refractivity contribution is -0.133. The van der Waals surface area contributed by atoms with Gasteiger partial charge in [0.2, 0.25) is 5.91 Å². The Hall–Kier alpha value is -2.67. The molecular formula is C19H21N5OS. The number of carbonyl (C=O) groups excluding carboxylic acids is 1. The molecule has 1 saturated heterocycles. The summed E-state index contributed by atoms with van der Waals surface area (Å²) in [6, 6.07) is 10.4. The molecule has 1 aliphatic heterocycles. The topological polar surface area (TPSA) is 77.0 Å². The number of hydrogen-bond acceptors (Lipinski definition) is 5. The van der Waals surface area contributed by atoms with Crippen LogP contribution in [0, 0.1) is 0 Å². The van der Waals surface area contributed by atoms with E-state index in [0.29, 0.717) is 24.8 Å². The molecule has 134 valence electrons. The molecule has 1 fully saturated rings. The lowest BCUT2D eigenvalue weighted by atomic mass is 9.70. The summed E-state index contributed by atoms with van der Waals surface area (Å²) in [4.78, 5) is 23.1. The largest absolute Gasteiger partial charge is 0.375 e. The third-order valence-electron chi connectivity index (χ3n) is 5.19. The predicted molar refractivity (Wildman–Crippen MR) is 102 cm³/mol. The van der Waals surface area contributed by atoms with E-state index in [1.54, 1.807) is 12.5 Å². The van der Waals surface area contributed by atoms with Crippen molar-refractivity contribution in [3.63, 3.8) is 0 Å². The molecule has 6 nitrogen and oxygen atoms in total. The number of benzene rings is 1. The standard InChI is InChI=1S/C19H21N5OS/c20-18-22-16(13-26-18)19(15-4-2-1-3-5-15)6-9-24(10-7-19)17(25)12-23-11-8-21-14-23/h1-5,8,11,13-14H,6-7,9-10,12H2,(H2,20,22). The lowest BCUT2D eigenvalue weighted by Gasteiger charge is -2.41. The molecular weight excluding hydrogens is 346 g/mol. The minimum atomic E-state index is -0.179. The van der Waals surface area contributed by atoms with Crippen LogP contribution in [0.5, 0.6) is 0 Å². The van der Waals surface area contributed by atoms with Crippen LogP contribution in [0.25, 0.3) is 0 Å². The van der Waals surface area contributed by atoms with E-state index in [-0.39, 0.29) is 11.3 Å². The Morgan fingerprint density at radius 1 is 1.23 bits per heavy atom. The first-order chi connectivity index (χ1) is 12.7. The molecule has 26 heavy (non-hydrogen) atoms. The van der Waals surface area contributed by atoms with Crippen LogP contribution in [0.4, 0.5) is 5.13 Å². The van der Waals surface area contributed by atoms with Gasteiger partial charge in [0.1, 0.15) is 6.54 Å². The summed E-state index contributed by atoms with van der Waals surface area (Å²) in [6.07, 6.45) is 6.87. The number of hydrogen-bond donors (Lipinski definition) is 1. The average molecular weight is 367 g/mol. The van der Waals surface area contributed by atoms with Gasteiger partial charge in [-0.3, -0.25) is 4.79 Å². The molecule has 1 aliphatic rings. The first-order valence-corrected chi connectivity index (χ1v) is 9.56. The van der Waals surface area contributed by atoms with E-state index in [9.17, 15) is 4.79 Å². The number of thiazole rings is 1. The number of nitrogen functional groups attached to an aromatic ring is 1. The molecule has 7 heteroatoms. The third kappa shape index (κ3) is 3.10. The second-order valence-corrected chi connectivity index (χ2v) is 7.52. The highest BCUT2D eigenvalue weighted by Gasteiger charge is 2.40. The van der Waals surface area contributed by atoms with Crippen molar-refractivity contribution >= 4 is 22.4 Å². The van der Waals surface area contributed by atoms with Gasteiger partial charge in [-0.1, -0.05) is 30.3 Å². The molecule has 0 bridgehead atoms. The molecule has 0 spiro atoms. The van der Waals surface area contributed by atoms with Gasteiger partial charge in [-0.05, 0) is 18.4 Å². The summed E-state index contributed by atoms with van der Waals surface area (Å²) >= 11 is 1.48. The molecule has 0 aliphatic carbocycles. The van der Waals surface area contributed by atoms with Crippen LogP contribution < -0.4 is 5.73 Å². The number of piperidine rings is 1. The number of nitrogens with two attached hydrogens (primary N) is 1. The third-order valence-corrected chi connectivity index (χ3v) is 5.86. The van der Waals surface area contributed by atoms with Crippen LogP contribution in [0.15, 0.2) is 54.4 Å². The van der Waals surface area contributed by atoms with Gasteiger partial charge in [0.15, 0.2) is 5.13 Å². The number of anilines is 1. The van der Waals surface area contributed by atoms with Crippen molar-refractivity contribution in [1.29, 1.82) is 0 Å². The number of nitrogens with zero attached hydrogens (tertiary/aromatic N) is 4. The van der Waals surface area contributed by atoms with E-state index >= 15 is 0 Å². The monoisotopic (exact) mass is 367 g/mol. The van der Waals surface area contributed by atoms with Crippen molar-refractivity contribution in [1.82, 2.24) is 19.4 Å². The minimum absolute atomic E-state index is 0.127. The van der Waals surface area contributed by atoms with Crippen molar-refractivity contribution in [2.24, 2.45) is 0 Å². The van der Waals surface area contributed by atoms with Gasteiger partial charge in [0, 0.05) is 36.3 Å². The van der Waals surface area contributed by atoms with Crippen LogP contribution in [0.2, 0.25) is 0 Å². The number of amides is 1. The Morgan fingerprint density at radius 3 is 2.62 bits per heavy atom. The van der Waals surface area contributed by atoms with Crippen LogP contribution in [-0.2, 0) is 16.8 Å². The first-order valence-electron chi connectivity index (χ1n) is 8.68. The molecule has 3 aromatic rings. The Morgan fingerprint density at radius 2 is 2.00 bits per heavy atom. The van der Waals surface area contributed by atoms with E-state index in [4.69, 9.17) is 5.73 Å². The lowest BCUT2D eigenvalue weighted by Crippen LogP contribution is -2.46. The number of imidazole rings is 1. The van der Waals surface area contributed by atoms with Gasteiger partial charge in [-0.2, -0.15) is 0 Å². The summed E-state index contributed by atoms with van der Waals surface area (Å²) in [6.45, 7) is 1.75. The van der Waals surface area contributed by atoms with Crippen molar-refractivity contribution in [3.8, 4) is 0 Å². The fourth-order valence-corrected chi connectivity index (χ4v) is 4.39. The quantitative estimate of drug-likeness (QED) is 0.769. The van der Waals surface area contributed by atoms with Crippen molar-refractivity contribution in [2.75, 3.05) is 18.8 Å². The zero-order valence-electron chi connectivity index (χ0n) is 14.4. The summed E-state index contributed by atoms with van der Waals surface area (Å²) in [5.74, 6) is 0.127. The van der Waals surface area contributed by atoms with Gasteiger partial charge >= 0.3 is 0 Å². The Kier molecular flexibility index (Phi) is 4.46. The molecule has 1 aromatic carbocycles. The van der Waals surface area contributed by atoms with Crippen LogP contribution in [-0.4, -0.2) is 38.4 Å². The van der Waals surface area contributed by atoms with Gasteiger partial charge in [-0.25, -0.2) is 9.97 Å². The zero-order chi connectivity index (χ0) is 18.0. The van der Waals surface area contributed by atoms with Gasteiger partial charge in [0.25, 0.3) is 0 Å². The van der Waals surface area contributed by atoms with Crippen molar-refractivity contribution < 1.29 is 4.79 Å². The van der Waals surface area contributed by atoms with E-state index in [0.717, 1.165) is 18.5 Å². The summed E-state index contributed by atoms with van der Waals surface area (Å²) in [5, 5.41) is 2.65. The summed E-state index contributed by atoms with van der Waals surface area (Å²) in [7, 11) is 0. The van der Waals surface area contributed by atoms with E-state index in [2.05, 4.69) is 39.6 Å². The molecule has 1 amide bonds. The zero-order valence-corrected chi connectivity index (χ0v) is 15.2. The molecule has 2 N–H and O–H groups in total. The highest BCUT2D eigenvalue weighted by Crippen LogP contribution is 2.42. The number of rotatable bonds is 4. The number of carbonyl (C=O) groups is 1. The fourth-order valence-electron chi connectivity index (χ4n) is 3.73. The van der Waals surface area contributed by atoms with Gasteiger partial charge < -0.3 is 15.2 Å². The predicted octanol–water partition coefficient (Wildman–Crippen LogP) is 2.53. The highest BCUT2D eigenvalue weighted by atomic mass is 32.1. The summed E-state index contributed by atoms with van der Waals surface area (Å²) < 4.78 is 1.81. The van der Waals surface area contributed by atoms with E-state index in [1.807, 2.05) is 21.7 Å². The van der Waals surface area contributed by atoms with Crippen molar-refractivity contribution in [2.45, 2.75) is 24.8 Å². The Labute approximate surface area is 156 Å². The van der Waals surface area contributed by atoms with Crippen molar-refractivity contribution in [3.05, 3.63) is 65.7 Å². The van der Waals surface area contributed by atoms with Gasteiger partial charge in [-0.15, -0.1) is 11.3 Å². The molecule has 0 saturated carbocycles. The van der Waals surface area contributed by atoms with Crippen LogP contribution in [0.3, 0.4) is 0 Å². The van der Waals surface area contributed by atoms with Gasteiger partial charge in [0.05, 0.1) is 12.0 Å². The maximum atomic E-state index is 12.6. The molecule has 0 atom stereocenters.